The fourth-order valence-electron chi connectivity index (χ4n) is 2.17. The van der Waals surface area contributed by atoms with Gasteiger partial charge in [0.25, 0.3) is 0 Å². The van der Waals surface area contributed by atoms with Crippen LogP contribution in [0.5, 0.6) is 5.75 Å². The van der Waals surface area contributed by atoms with Crippen molar-refractivity contribution < 1.29 is 4.74 Å². The predicted octanol–water partition coefficient (Wildman–Crippen LogP) is 2.78. The molecule has 0 amide bonds. The summed E-state index contributed by atoms with van der Waals surface area (Å²) in [5, 5.41) is 0. The topological polar surface area (TPSA) is 76.3 Å². The van der Waals surface area contributed by atoms with Crippen LogP contribution in [0, 0.1) is 0 Å². The minimum Gasteiger partial charge on any atom is -0.494 e. The Morgan fingerprint density at radius 1 is 1.48 bits per heavy atom. The van der Waals surface area contributed by atoms with Crippen LogP contribution in [0.4, 0.5) is 0 Å². The van der Waals surface area contributed by atoms with E-state index in [4.69, 9.17) is 10.5 Å². The molecule has 2 aromatic rings. The van der Waals surface area contributed by atoms with E-state index in [2.05, 4.69) is 21.9 Å². The number of benzene rings is 1. The molecule has 0 saturated carbocycles. The summed E-state index contributed by atoms with van der Waals surface area (Å²) in [4.78, 5) is 11.8. The molecule has 1 unspecified atom stereocenters. The van der Waals surface area contributed by atoms with E-state index in [0.717, 1.165) is 41.7 Å². The van der Waals surface area contributed by atoms with E-state index in [1.807, 2.05) is 30.5 Å². The van der Waals surface area contributed by atoms with Crippen LogP contribution in [0.1, 0.15) is 25.3 Å². The van der Waals surface area contributed by atoms with Gasteiger partial charge in [-0.25, -0.2) is 4.98 Å². The molecule has 0 aliphatic rings. The zero-order chi connectivity index (χ0) is 15.1. The summed E-state index contributed by atoms with van der Waals surface area (Å²) in [5.41, 5.74) is 8.28. The molecule has 1 aromatic carbocycles. The Labute approximate surface area is 124 Å². The average Bonchev–Trinajstić information content (AvgIpc) is 2.97. The average molecular weight is 286 g/mol. The lowest BCUT2D eigenvalue weighted by Gasteiger charge is -2.05. The fourth-order valence-corrected chi connectivity index (χ4v) is 2.17. The van der Waals surface area contributed by atoms with Crippen molar-refractivity contribution in [3.63, 3.8) is 0 Å². The van der Waals surface area contributed by atoms with Gasteiger partial charge < -0.3 is 15.5 Å². The van der Waals surface area contributed by atoms with Crippen molar-refractivity contribution in [3.05, 3.63) is 30.1 Å². The number of hydrogen-bond acceptors (Lipinski definition) is 4. The zero-order valence-corrected chi connectivity index (χ0v) is 12.5. The van der Waals surface area contributed by atoms with Crippen LogP contribution in [0.2, 0.25) is 0 Å². The third-order valence-electron chi connectivity index (χ3n) is 3.31. The van der Waals surface area contributed by atoms with Crippen LogP contribution in [-0.2, 0) is 0 Å². The molecule has 5 heteroatoms. The van der Waals surface area contributed by atoms with Crippen molar-refractivity contribution in [3.8, 4) is 5.75 Å². The molecule has 0 aliphatic heterocycles. The van der Waals surface area contributed by atoms with E-state index in [-0.39, 0.29) is 0 Å². The first-order valence-corrected chi connectivity index (χ1v) is 7.16. The van der Waals surface area contributed by atoms with Crippen molar-refractivity contribution in [1.82, 2.24) is 9.97 Å². The van der Waals surface area contributed by atoms with E-state index in [1.165, 1.54) is 0 Å². The number of ether oxygens (including phenoxy) is 1. The first-order valence-electron chi connectivity index (χ1n) is 7.16. The molecule has 1 aromatic heterocycles. The predicted molar refractivity (Wildman–Crippen MR) is 87.9 cm³/mol. The van der Waals surface area contributed by atoms with Crippen LogP contribution in [0.25, 0.3) is 17.1 Å². The molecular formula is C16H22N4O. The minimum atomic E-state index is 0.300. The molecule has 3 N–H and O–H groups in total. The largest absolute Gasteiger partial charge is 0.494 e. The molecule has 1 atom stereocenters. The molecule has 112 valence electrons. The second kappa shape index (κ2) is 7.59. The van der Waals surface area contributed by atoms with Crippen molar-refractivity contribution in [2.75, 3.05) is 13.7 Å². The SMILES string of the molecule is COc1c(/C=C/C=NC(C)CCCN)ccc2[nH]cnc12. The second-order valence-corrected chi connectivity index (χ2v) is 4.92. The number of nitrogens with one attached hydrogen (secondary N) is 1. The third-order valence-corrected chi connectivity index (χ3v) is 3.31. The van der Waals surface area contributed by atoms with Crippen LogP contribution in [-0.4, -0.2) is 35.9 Å². The van der Waals surface area contributed by atoms with Crippen LogP contribution in [0.15, 0.2) is 29.5 Å². The number of aliphatic imine (C=N–C) groups is 1. The van der Waals surface area contributed by atoms with Gasteiger partial charge in [0.1, 0.15) is 5.52 Å². The number of nitrogens with two attached hydrogens (primary N) is 1. The normalized spacial score (nSPS) is 13.5. The summed E-state index contributed by atoms with van der Waals surface area (Å²) >= 11 is 0. The maximum absolute atomic E-state index is 5.49. The smallest absolute Gasteiger partial charge is 0.153 e. The van der Waals surface area contributed by atoms with E-state index < -0.39 is 0 Å². The number of aromatic nitrogens is 2. The highest BCUT2D eigenvalue weighted by Crippen LogP contribution is 2.28. The highest BCUT2D eigenvalue weighted by atomic mass is 16.5. The molecule has 0 saturated heterocycles. The number of allylic oxidation sites excluding steroid dienone is 1. The molecule has 0 spiro atoms. The Balaban J connectivity index is 2.08. The summed E-state index contributed by atoms with van der Waals surface area (Å²) in [6, 6.07) is 4.29. The first-order chi connectivity index (χ1) is 10.3. The standard InChI is InChI=1S/C16H22N4O/c1-12(5-3-9-17)18-10-4-6-13-7-8-14-15(16(13)21-2)20-11-19-14/h4,6-8,10-12H,3,5,9,17H2,1-2H3,(H,19,20)/b6-4+,18-10?. The number of H-pyrrole nitrogens is 1. The monoisotopic (exact) mass is 286 g/mol. The quantitative estimate of drug-likeness (QED) is 0.768. The van der Waals surface area contributed by atoms with Gasteiger partial charge in [0, 0.05) is 17.8 Å². The Morgan fingerprint density at radius 3 is 3.10 bits per heavy atom. The summed E-state index contributed by atoms with van der Waals surface area (Å²) in [5.74, 6) is 0.773. The summed E-state index contributed by atoms with van der Waals surface area (Å²) in [6.45, 7) is 2.81. The van der Waals surface area contributed by atoms with Crippen molar-refractivity contribution in [2.24, 2.45) is 10.7 Å². The lowest BCUT2D eigenvalue weighted by Crippen LogP contribution is -2.04. The number of nitrogens with zero attached hydrogens (tertiary/aromatic N) is 2. The Kier molecular flexibility index (Phi) is 5.51. The van der Waals surface area contributed by atoms with Crippen molar-refractivity contribution in [1.29, 1.82) is 0 Å². The molecule has 21 heavy (non-hydrogen) atoms. The zero-order valence-electron chi connectivity index (χ0n) is 12.5. The molecule has 0 radical (unpaired) electrons. The summed E-state index contributed by atoms with van der Waals surface area (Å²) in [6.07, 6.45) is 9.42. The van der Waals surface area contributed by atoms with Gasteiger partial charge in [-0.1, -0.05) is 0 Å². The van der Waals surface area contributed by atoms with Gasteiger partial charge in [0.05, 0.1) is 19.0 Å². The first kappa shape index (κ1) is 15.3. The van der Waals surface area contributed by atoms with E-state index in [9.17, 15) is 0 Å². The minimum absolute atomic E-state index is 0.300. The number of aromatic amines is 1. The number of hydrogen-bond donors (Lipinski definition) is 2. The molecular weight excluding hydrogens is 264 g/mol. The molecule has 0 fully saturated rings. The number of methoxy groups -OCH3 is 1. The third kappa shape index (κ3) is 3.92. The number of fused-ring (bicyclic) bond motifs is 1. The lowest BCUT2D eigenvalue weighted by molar-refractivity contribution is 0.418. The maximum atomic E-state index is 5.49. The molecule has 5 nitrogen and oxygen atoms in total. The number of rotatable bonds is 7. The van der Waals surface area contributed by atoms with Crippen molar-refractivity contribution >= 4 is 23.3 Å². The van der Waals surface area contributed by atoms with Gasteiger partial charge >= 0.3 is 0 Å². The summed E-state index contributed by atoms with van der Waals surface area (Å²) in [7, 11) is 1.66. The van der Waals surface area contributed by atoms with E-state index in [1.54, 1.807) is 13.4 Å². The van der Waals surface area contributed by atoms with Crippen LogP contribution >= 0.6 is 0 Å². The molecule has 0 bridgehead atoms. The van der Waals surface area contributed by atoms with Gasteiger partial charge in [0.15, 0.2) is 5.75 Å². The Bertz CT molecular complexity index is 630. The fraction of sp³-hybridized carbons (Fsp3) is 0.375. The molecule has 2 rings (SSSR count). The second-order valence-electron chi connectivity index (χ2n) is 4.92. The number of imidazole rings is 1. The van der Waals surface area contributed by atoms with E-state index >= 15 is 0 Å². The van der Waals surface area contributed by atoms with E-state index in [0.29, 0.717) is 6.04 Å². The summed E-state index contributed by atoms with van der Waals surface area (Å²) < 4.78 is 5.46. The Morgan fingerprint density at radius 2 is 2.33 bits per heavy atom. The van der Waals surface area contributed by atoms with Gasteiger partial charge in [-0.15, -0.1) is 0 Å². The van der Waals surface area contributed by atoms with Crippen LogP contribution < -0.4 is 10.5 Å². The van der Waals surface area contributed by atoms with Gasteiger partial charge in [-0.3, -0.25) is 4.99 Å². The lowest BCUT2D eigenvalue weighted by atomic mass is 10.1. The molecule has 1 heterocycles. The van der Waals surface area contributed by atoms with Crippen molar-refractivity contribution in [2.45, 2.75) is 25.8 Å². The highest BCUT2D eigenvalue weighted by Gasteiger charge is 2.07. The van der Waals surface area contributed by atoms with Gasteiger partial charge in [-0.2, -0.15) is 0 Å². The maximum Gasteiger partial charge on any atom is 0.153 e. The Hall–Kier alpha value is -2.14. The van der Waals surface area contributed by atoms with Gasteiger partial charge in [0.2, 0.25) is 0 Å². The van der Waals surface area contributed by atoms with Gasteiger partial charge in [-0.05, 0) is 50.6 Å². The molecule has 0 aliphatic carbocycles. The van der Waals surface area contributed by atoms with Crippen LogP contribution in [0.3, 0.4) is 0 Å². The highest BCUT2D eigenvalue weighted by molar-refractivity contribution is 5.88.